The fraction of sp³-hybridized carbons (Fsp3) is 0.250. The van der Waals surface area contributed by atoms with Crippen molar-refractivity contribution in [3.8, 4) is 39.5 Å². The Morgan fingerprint density at radius 1 is 0.742 bits per heavy atom. The maximum Gasteiger partial charge on any atom is 0 e. The van der Waals surface area contributed by atoms with Crippen LogP contribution >= 0.6 is 0 Å². The molecule has 0 saturated heterocycles. The summed E-state index contributed by atoms with van der Waals surface area (Å²) in [5, 5.41) is 2.22. The van der Waals surface area contributed by atoms with E-state index in [9.17, 15) is 0 Å². The summed E-state index contributed by atoms with van der Waals surface area (Å²) in [4.78, 5) is 9.78. The standard InChI is InChI=1S/C38H33N2O.C18H24GeN.Ir/c1-24(2)26-16-19-35-29(21-26)30-22-28(17-20-36(30)41-35)37-39-32-13-9-10-14-34(32)40(37)33-18-15-27(23-31(33)38(3,4)5)25-11-7-6-8-12-25;1-14(2)11-16-12-18(15-9-7-6-8-10-15)20-13-17(16)19(3,4)5;/h6-16,18-24H,1-5H3;6-9,12-14H,11H2,1-5H3;/q2*-1;/i;11D2;. The molecule has 9 aromatic rings. The molecule has 3 aromatic heterocycles. The average Bonchev–Trinajstić information content (AvgIpc) is 3.84. The maximum atomic E-state index is 8.56. The van der Waals surface area contributed by atoms with Gasteiger partial charge in [0.1, 0.15) is 5.58 Å². The zero-order valence-electron chi connectivity index (χ0n) is 39.5. The first-order chi connectivity index (χ1) is 29.9. The molecule has 6 heteroatoms. The van der Waals surface area contributed by atoms with Crippen molar-refractivity contribution < 1.29 is 27.3 Å². The van der Waals surface area contributed by atoms with E-state index < -0.39 is 19.6 Å². The van der Waals surface area contributed by atoms with Crippen LogP contribution < -0.4 is 4.40 Å². The van der Waals surface area contributed by atoms with Crippen LogP contribution in [-0.2, 0) is 31.9 Å². The molecule has 1 radical (unpaired) electrons. The largest absolute Gasteiger partial charge is 0 e. The van der Waals surface area contributed by atoms with Gasteiger partial charge in [-0.3, -0.25) is 4.98 Å². The molecule has 0 atom stereocenters. The normalized spacial score (nSPS) is 12.6. The van der Waals surface area contributed by atoms with Crippen LogP contribution in [-0.4, -0.2) is 27.8 Å². The van der Waals surface area contributed by atoms with Crippen LogP contribution in [0.3, 0.4) is 0 Å². The Bertz CT molecular complexity index is 3070. The first-order valence-corrected chi connectivity index (χ1v) is 28.8. The molecule has 0 amide bonds. The summed E-state index contributed by atoms with van der Waals surface area (Å²) in [5.41, 5.74) is 13.3. The van der Waals surface area contributed by atoms with Crippen molar-refractivity contribution >= 4 is 50.6 Å². The van der Waals surface area contributed by atoms with Crippen LogP contribution in [0, 0.1) is 18.1 Å². The minimum Gasteiger partial charge on any atom is 0 e. The van der Waals surface area contributed by atoms with E-state index in [2.05, 4.69) is 171 Å². The first kappa shape index (κ1) is 42.2. The summed E-state index contributed by atoms with van der Waals surface area (Å²) >= 11 is -2.20. The molecule has 0 spiro atoms. The maximum absolute atomic E-state index is 8.56. The predicted octanol–water partition coefficient (Wildman–Crippen LogP) is 14.8. The van der Waals surface area contributed by atoms with E-state index in [0.29, 0.717) is 5.92 Å². The first-order valence-electron chi connectivity index (χ1n) is 22.5. The summed E-state index contributed by atoms with van der Waals surface area (Å²) in [6.07, 6.45) is 0.562. The van der Waals surface area contributed by atoms with Crippen LogP contribution in [0.2, 0.25) is 17.3 Å². The Kier molecular flexibility index (Phi) is 12.5. The molecule has 0 N–H and O–H groups in total. The minimum absolute atomic E-state index is 0. The number of aromatic nitrogens is 3. The molecule has 4 nitrogen and oxygen atoms in total. The fourth-order valence-corrected chi connectivity index (χ4v) is 10.9. The zero-order chi connectivity index (χ0) is 44.8. The monoisotopic (exact) mass is 1060 g/mol. The van der Waals surface area contributed by atoms with Crippen LogP contribution in [0.1, 0.15) is 73.8 Å². The zero-order valence-corrected chi connectivity index (χ0v) is 42.0. The molecule has 6 aromatic carbocycles. The number of nitrogens with zero attached hydrogens (tertiary/aromatic N) is 3. The van der Waals surface area contributed by atoms with Gasteiger partial charge in [0.05, 0.1) is 22.4 Å². The number of rotatable bonds is 8. The Hall–Kier alpha value is -5.07. The van der Waals surface area contributed by atoms with Crippen LogP contribution in [0.15, 0.2) is 144 Å². The van der Waals surface area contributed by atoms with Crippen LogP contribution in [0.4, 0.5) is 0 Å². The number of benzene rings is 6. The minimum atomic E-state index is -2.20. The van der Waals surface area contributed by atoms with Gasteiger partial charge in [-0.25, -0.2) is 0 Å². The number of fused-ring (bicyclic) bond motifs is 4. The van der Waals surface area contributed by atoms with E-state index in [0.717, 1.165) is 71.3 Å². The molecule has 0 fully saturated rings. The molecular formula is C56H57GeIrN3O-2. The van der Waals surface area contributed by atoms with Crippen molar-refractivity contribution in [2.45, 2.75) is 83.4 Å². The van der Waals surface area contributed by atoms with Crippen molar-refractivity contribution in [3.05, 3.63) is 168 Å². The van der Waals surface area contributed by atoms with Gasteiger partial charge < -0.3 is 8.98 Å². The second-order valence-corrected chi connectivity index (χ2v) is 29.3. The van der Waals surface area contributed by atoms with Crippen LogP contribution in [0.5, 0.6) is 0 Å². The number of para-hydroxylation sites is 2. The van der Waals surface area contributed by atoms with E-state index in [4.69, 9.17) is 12.1 Å². The molecule has 62 heavy (non-hydrogen) atoms. The smallest absolute Gasteiger partial charge is 0 e. The van der Waals surface area contributed by atoms with Gasteiger partial charge in [-0.15, -0.1) is 23.8 Å². The predicted molar refractivity (Wildman–Crippen MR) is 261 cm³/mol. The molecule has 3 heterocycles. The van der Waals surface area contributed by atoms with Crippen molar-refractivity contribution in [1.29, 1.82) is 0 Å². The number of pyridine rings is 1. The van der Waals surface area contributed by atoms with E-state index in [-0.39, 0.29) is 31.4 Å². The van der Waals surface area contributed by atoms with Gasteiger partial charge in [0.2, 0.25) is 0 Å². The molecule has 0 aliphatic carbocycles. The Labute approximate surface area is 387 Å². The SMILES string of the molecule is CC(C)c1ccc2oc3c[c-]c(-c4nc5ccccc5n4-c4ccc(-c5ccccc5)cc4C(C)(C)C)cc3c2c1.[2H]C([2H])(c1cc(-c2[c-]cccc2)nc[c]1[Ge]([CH3])([CH3])[CH3])C(C)C.[Ir]. The average molecular weight is 1050 g/mol. The van der Waals surface area contributed by atoms with Crippen molar-refractivity contribution in [1.82, 2.24) is 14.5 Å². The summed E-state index contributed by atoms with van der Waals surface area (Å²) in [6, 6.07) is 52.8. The number of furan rings is 1. The van der Waals surface area contributed by atoms with Crippen LogP contribution in [0.25, 0.3) is 72.4 Å². The molecule has 0 bridgehead atoms. The fourth-order valence-electron chi connectivity index (χ4n) is 8.00. The third-order valence-electron chi connectivity index (χ3n) is 11.2. The van der Waals surface area contributed by atoms with Crippen molar-refractivity contribution in [2.75, 3.05) is 0 Å². The molecular weight excluding hydrogens is 995 g/mol. The Morgan fingerprint density at radius 3 is 2.16 bits per heavy atom. The molecule has 0 aliphatic heterocycles. The van der Waals surface area contributed by atoms with Gasteiger partial charge in [0.15, 0.2) is 0 Å². The quantitative estimate of drug-likeness (QED) is 0.113. The Morgan fingerprint density at radius 2 is 1.47 bits per heavy atom. The topological polar surface area (TPSA) is 43.9 Å². The van der Waals surface area contributed by atoms with Gasteiger partial charge in [0, 0.05) is 31.2 Å². The Balaban J connectivity index is 0.000000227. The van der Waals surface area contributed by atoms with E-state index in [1.807, 2.05) is 56.4 Å². The van der Waals surface area contributed by atoms with Gasteiger partial charge in [-0.1, -0.05) is 94.6 Å². The summed E-state index contributed by atoms with van der Waals surface area (Å²) in [5.74, 6) is 8.09. The van der Waals surface area contributed by atoms with Gasteiger partial charge >= 0.3 is 128 Å². The van der Waals surface area contributed by atoms with E-state index in [1.54, 1.807) is 0 Å². The summed E-state index contributed by atoms with van der Waals surface area (Å²) in [7, 11) is 0. The molecule has 0 unspecified atom stereocenters. The van der Waals surface area contributed by atoms with Crippen molar-refractivity contribution in [2.24, 2.45) is 5.92 Å². The third-order valence-corrected chi connectivity index (χ3v) is 15.4. The number of hydrogen-bond acceptors (Lipinski definition) is 3. The molecule has 317 valence electrons. The molecule has 9 rings (SSSR count). The van der Waals surface area contributed by atoms with Gasteiger partial charge in [0.25, 0.3) is 0 Å². The van der Waals surface area contributed by atoms with E-state index in [1.165, 1.54) is 22.3 Å². The molecule has 0 saturated carbocycles. The summed E-state index contributed by atoms with van der Waals surface area (Å²) < 4.78 is 26.8. The second kappa shape index (κ2) is 18.3. The molecule has 0 aliphatic rings. The number of hydrogen-bond donors (Lipinski definition) is 0. The number of imidazole rings is 1. The van der Waals surface area contributed by atoms with E-state index >= 15 is 0 Å². The third kappa shape index (κ3) is 9.46. The van der Waals surface area contributed by atoms with Gasteiger partial charge in [-0.2, -0.15) is 0 Å². The van der Waals surface area contributed by atoms with Crippen molar-refractivity contribution in [3.63, 3.8) is 0 Å². The second-order valence-electron chi connectivity index (χ2n) is 18.7. The van der Waals surface area contributed by atoms with Gasteiger partial charge in [-0.05, 0) is 70.0 Å². The summed E-state index contributed by atoms with van der Waals surface area (Å²) in [6.45, 7) is 15.2.